The number of aryl methyl sites for hydroxylation is 1. The molecule has 3 aromatic heterocycles. The van der Waals surface area contributed by atoms with E-state index in [2.05, 4.69) is 15.4 Å². The number of carbonyl (C=O) groups is 1. The fourth-order valence-electron chi connectivity index (χ4n) is 3.51. The second kappa shape index (κ2) is 7.32. The minimum Gasteiger partial charge on any atom is -0.361 e. The number of amides is 1. The van der Waals surface area contributed by atoms with E-state index < -0.39 is 0 Å². The molecular weight excluding hydrogens is 388 g/mol. The maximum absolute atomic E-state index is 12.8. The van der Waals surface area contributed by atoms with Crippen molar-refractivity contribution in [2.75, 3.05) is 23.3 Å². The van der Waals surface area contributed by atoms with Crippen LogP contribution in [0.1, 0.15) is 35.5 Å². The van der Waals surface area contributed by atoms with Crippen molar-refractivity contribution in [3.05, 3.63) is 47.9 Å². The van der Waals surface area contributed by atoms with Gasteiger partial charge in [-0.05, 0) is 26.2 Å². The average Bonchev–Trinajstić information content (AvgIpc) is 3.45. The second-order valence-electron chi connectivity index (χ2n) is 7.08. The van der Waals surface area contributed by atoms with Crippen LogP contribution in [-0.2, 0) is 0 Å². The summed E-state index contributed by atoms with van der Waals surface area (Å²) < 4.78 is 6.76. The van der Waals surface area contributed by atoms with E-state index >= 15 is 0 Å². The molecule has 4 aromatic rings. The zero-order valence-corrected chi connectivity index (χ0v) is 16.8. The molecule has 8 nitrogen and oxygen atoms in total. The Bertz CT molecular complexity index is 1160. The van der Waals surface area contributed by atoms with Crippen LogP contribution in [0.2, 0.25) is 0 Å². The number of nitrogens with zero attached hydrogens (tertiary/aromatic N) is 5. The summed E-state index contributed by atoms with van der Waals surface area (Å²) >= 11 is 1.54. The molecule has 0 unspecified atom stereocenters. The zero-order valence-electron chi connectivity index (χ0n) is 16.0. The molecule has 1 fully saturated rings. The van der Waals surface area contributed by atoms with Crippen LogP contribution >= 0.6 is 11.3 Å². The highest BCUT2D eigenvalue weighted by Gasteiger charge is 2.23. The normalized spacial score (nSPS) is 14.4. The van der Waals surface area contributed by atoms with Gasteiger partial charge in [-0.25, -0.2) is 4.98 Å². The molecule has 4 heterocycles. The predicted octanol–water partition coefficient (Wildman–Crippen LogP) is 4.00. The Balaban J connectivity index is 1.57. The minimum absolute atomic E-state index is 0.225. The molecule has 9 heteroatoms. The van der Waals surface area contributed by atoms with E-state index in [-0.39, 0.29) is 11.6 Å². The van der Waals surface area contributed by atoms with Crippen molar-refractivity contribution in [2.24, 2.45) is 0 Å². The fraction of sp³-hybridized carbons (Fsp3) is 0.300. The van der Waals surface area contributed by atoms with Gasteiger partial charge in [0, 0.05) is 24.7 Å². The minimum atomic E-state index is -0.353. The monoisotopic (exact) mass is 408 g/mol. The number of fused-ring (bicyclic) bond motifs is 1. The van der Waals surface area contributed by atoms with E-state index in [0.717, 1.165) is 28.7 Å². The first-order chi connectivity index (χ1) is 14.2. The molecule has 5 rings (SSSR count). The first-order valence-electron chi connectivity index (χ1n) is 9.63. The van der Waals surface area contributed by atoms with Gasteiger partial charge >= 0.3 is 0 Å². The number of benzene rings is 1. The van der Waals surface area contributed by atoms with Gasteiger partial charge in [0.25, 0.3) is 5.91 Å². The summed E-state index contributed by atoms with van der Waals surface area (Å²) in [6.45, 7) is 3.76. The molecule has 0 radical (unpaired) electrons. The van der Waals surface area contributed by atoms with Gasteiger partial charge in [0.15, 0.2) is 11.5 Å². The van der Waals surface area contributed by atoms with Crippen LogP contribution in [0, 0.1) is 6.92 Å². The quantitative estimate of drug-likeness (QED) is 0.549. The topological polar surface area (TPSA) is 88.6 Å². The van der Waals surface area contributed by atoms with Crippen LogP contribution in [0.15, 0.2) is 40.9 Å². The standard InChI is InChI=1S/C20H20N6O2S/c1-13-12-15(24-28-13)18(27)22-17-16(14-8-4-2-5-9-14)21-19-26(17)23-20(29-19)25-10-6-3-7-11-25/h2,4-5,8-9,12H,3,6-7,10-11H2,1H3,(H,22,27). The smallest absolute Gasteiger partial charge is 0.279 e. The lowest BCUT2D eigenvalue weighted by molar-refractivity contribution is 0.101. The molecule has 148 valence electrons. The predicted molar refractivity (Wildman–Crippen MR) is 112 cm³/mol. The summed E-state index contributed by atoms with van der Waals surface area (Å²) in [6, 6.07) is 11.4. The maximum Gasteiger partial charge on any atom is 0.279 e. The number of anilines is 2. The first kappa shape index (κ1) is 17.9. The highest BCUT2D eigenvalue weighted by atomic mass is 32.1. The van der Waals surface area contributed by atoms with E-state index in [4.69, 9.17) is 14.6 Å². The summed E-state index contributed by atoms with van der Waals surface area (Å²) in [5.41, 5.74) is 1.82. The molecular formula is C20H20N6O2S. The Morgan fingerprint density at radius 1 is 1.17 bits per heavy atom. The van der Waals surface area contributed by atoms with Crippen molar-refractivity contribution in [1.29, 1.82) is 0 Å². The summed E-state index contributed by atoms with van der Waals surface area (Å²) in [5, 5.41) is 12.5. The highest BCUT2D eigenvalue weighted by Crippen LogP contribution is 2.34. The summed E-state index contributed by atoms with van der Waals surface area (Å²) in [5.74, 6) is 0.766. The SMILES string of the molecule is Cc1cc(C(=O)Nc2c(-c3ccccc3)nc3sc(N4CCCCC4)nn23)no1. The molecule has 1 aliphatic rings. The van der Waals surface area contributed by atoms with Gasteiger partial charge in [0.1, 0.15) is 11.5 Å². The number of hydrogen-bond acceptors (Lipinski definition) is 7. The number of hydrogen-bond donors (Lipinski definition) is 1. The molecule has 0 saturated carbocycles. The molecule has 1 N–H and O–H groups in total. The fourth-order valence-corrected chi connectivity index (χ4v) is 4.46. The summed E-state index contributed by atoms with van der Waals surface area (Å²) in [6.07, 6.45) is 3.61. The third-order valence-corrected chi connectivity index (χ3v) is 5.93. The van der Waals surface area contributed by atoms with Crippen LogP contribution in [-0.4, -0.2) is 38.8 Å². The van der Waals surface area contributed by atoms with Crippen LogP contribution in [0.4, 0.5) is 10.9 Å². The van der Waals surface area contributed by atoms with Crippen LogP contribution < -0.4 is 10.2 Å². The van der Waals surface area contributed by atoms with Crippen LogP contribution in [0.5, 0.6) is 0 Å². The zero-order chi connectivity index (χ0) is 19.8. The number of aromatic nitrogens is 4. The summed E-state index contributed by atoms with van der Waals surface area (Å²) in [7, 11) is 0. The van der Waals surface area contributed by atoms with Gasteiger partial charge < -0.3 is 14.7 Å². The first-order valence-corrected chi connectivity index (χ1v) is 10.5. The molecule has 0 aliphatic carbocycles. The van der Waals surface area contributed by atoms with Crippen molar-refractivity contribution >= 4 is 33.2 Å². The van der Waals surface area contributed by atoms with Gasteiger partial charge in [-0.15, -0.1) is 5.10 Å². The Morgan fingerprint density at radius 3 is 2.69 bits per heavy atom. The molecule has 1 saturated heterocycles. The van der Waals surface area contributed by atoms with Crippen LogP contribution in [0.25, 0.3) is 16.2 Å². The molecule has 1 aromatic carbocycles. The lowest BCUT2D eigenvalue weighted by Crippen LogP contribution is -2.29. The molecule has 29 heavy (non-hydrogen) atoms. The van der Waals surface area contributed by atoms with Gasteiger partial charge in [-0.1, -0.05) is 46.8 Å². The van der Waals surface area contributed by atoms with E-state index in [0.29, 0.717) is 17.3 Å². The van der Waals surface area contributed by atoms with Gasteiger partial charge in [0.05, 0.1) is 0 Å². The van der Waals surface area contributed by atoms with Crippen molar-refractivity contribution in [2.45, 2.75) is 26.2 Å². The number of imidazole rings is 1. The lowest BCUT2D eigenvalue weighted by atomic mass is 10.1. The van der Waals surface area contributed by atoms with Gasteiger partial charge in [-0.3, -0.25) is 4.79 Å². The molecule has 1 aliphatic heterocycles. The van der Waals surface area contributed by atoms with E-state index in [1.54, 1.807) is 28.8 Å². The largest absolute Gasteiger partial charge is 0.361 e. The number of piperidine rings is 1. The van der Waals surface area contributed by atoms with Crippen molar-refractivity contribution < 1.29 is 9.32 Å². The van der Waals surface area contributed by atoms with Gasteiger partial charge in [-0.2, -0.15) is 4.52 Å². The molecule has 0 atom stereocenters. The number of nitrogens with one attached hydrogen (secondary N) is 1. The third kappa shape index (κ3) is 3.38. The third-order valence-electron chi connectivity index (χ3n) is 4.96. The van der Waals surface area contributed by atoms with E-state index in [1.165, 1.54) is 19.3 Å². The summed E-state index contributed by atoms with van der Waals surface area (Å²) in [4.78, 5) is 20.6. The highest BCUT2D eigenvalue weighted by molar-refractivity contribution is 7.20. The van der Waals surface area contributed by atoms with Crippen molar-refractivity contribution in [3.8, 4) is 11.3 Å². The second-order valence-corrected chi connectivity index (χ2v) is 8.01. The van der Waals surface area contributed by atoms with E-state index in [1.807, 2.05) is 30.3 Å². The van der Waals surface area contributed by atoms with E-state index in [9.17, 15) is 4.79 Å². The average molecular weight is 408 g/mol. The Morgan fingerprint density at radius 2 is 1.97 bits per heavy atom. The maximum atomic E-state index is 12.8. The Kier molecular flexibility index (Phi) is 4.51. The van der Waals surface area contributed by atoms with Gasteiger partial charge in [0.2, 0.25) is 10.1 Å². The Labute approximate surface area is 171 Å². The Hall–Kier alpha value is -3.20. The molecule has 0 spiro atoms. The van der Waals surface area contributed by atoms with Crippen molar-refractivity contribution in [1.82, 2.24) is 19.8 Å². The molecule has 1 amide bonds. The van der Waals surface area contributed by atoms with Crippen molar-refractivity contribution in [3.63, 3.8) is 0 Å². The number of rotatable bonds is 4. The lowest BCUT2D eigenvalue weighted by Gasteiger charge is -2.25. The molecule has 0 bridgehead atoms. The van der Waals surface area contributed by atoms with Crippen LogP contribution in [0.3, 0.4) is 0 Å². The number of carbonyl (C=O) groups excluding carboxylic acids is 1.